The number of hydrogen-bond acceptors (Lipinski definition) is 6. The first kappa shape index (κ1) is 28.3. The van der Waals surface area contributed by atoms with E-state index in [0.29, 0.717) is 27.3 Å². The van der Waals surface area contributed by atoms with Crippen LogP contribution in [0.1, 0.15) is 17.5 Å². The molecule has 11 heteroatoms. The molecule has 0 amide bonds. The van der Waals surface area contributed by atoms with Gasteiger partial charge in [0.05, 0.1) is 40.1 Å². The van der Waals surface area contributed by atoms with E-state index in [1.165, 1.54) is 36.8 Å². The lowest BCUT2D eigenvalue weighted by molar-refractivity contribution is -0.178. The molecule has 0 N–H and O–H groups in total. The summed E-state index contributed by atoms with van der Waals surface area (Å²) in [5, 5.41) is 0. The van der Waals surface area contributed by atoms with Gasteiger partial charge in [0.25, 0.3) is 0 Å². The number of benzene rings is 2. The van der Waals surface area contributed by atoms with E-state index < -0.39 is 36.5 Å². The van der Waals surface area contributed by atoms with E-state index in [4.69, 9.17) is 9.47 Å². The highest BCUT2D eigenvalue weighted by molar-refractivity contribution is 7.22. The topological polar surface area (TPSA) is 66.2 Å². The fourth-order valence-corrected chi connectivity index (χ4v) is 5.56. The average molecular weight is 584 g/mol. The lowest BCUT2D eigenvalue weighted by Crippen LogP contribution is -2.28. The first-order chi connectivity index (χ1) is 19.6. The molecule has 2 aromatic carbocycles. The Morgan fingerprint density at radius 3 is 2.56 bits per heavy atom. The number of carbonyl (C=O) groups is 1. The van der Waals surface area contributed by atoms with Crippen molar-refractivity contribution in [3.63, 3.8) is 0 Å². The molecule has 6 nitrogen and oxygen atoms in total. The summed E-state index contributed by atoms with van der Waals surface area (Å²) in [5.41, 5.74) is 2.03. The summed E-state index contributed by atoms with van der Waals surface area (Å²) < 4.78 is 70.3. The molecule has 0 aliphatic heterocycles. The number of fused-ring (bicyclic) bond motifs is 1. The molecule has 0 saturated heterocycles. The van der Waals surface area contributed by atoms with E-state index in [1.54, 1.807) is 36.7 Å². The molecule has 1 unspecified atom stereocenters. The molecule has 0 aliphatic carbocycles. The number of imidazole rings is 1. The summed E-state index contributed by atoms with van der Waals surface area (Å²) >= 11 is 1.39. The Hall–Kier alpha value is -4.25. The Balaban J connectivity index is 1.31. The summed E-state index contributed by atoms with van der Waals surface area (Å²) in [4.78, 5) is 22.1. The van der Waals surface area contributed by atoms with Crippen molar-refractivity contribution < 1.29 is 31.8 Å². The van der Waals surface area contributed by atoms with Gasteiger partial charge in [0, 0.05) is 43.9 Å². The van der Waals surface area contributed by atoms with Crippen LogP contribution in [-0.4, -0.2) is 33.6 Å². The monoisotopic (exact) mass is 583 g/mol. The minimum atomic E-state index is -4.64. The molecular weight excluding hydrogens is 558 g/mol. The van der Waals surface area contributed by atoms with Crippen LogP contribution in [0.15, 0.2) is 73.3 Å². The number of para-hydroxylation sites is 1. The number of halogens is 4. The second-order valence-electron chi connectivity index (χ2n) is 9.60. The van der Waals surface area contributed by atoms with Crippen LogP contribution in [0.3, 0.4) is 0 Å². The number of aryl methyl sites for hydroxylation is 1. The molecule has 3 aromatic heterocycles. The molecule has 5 aromatic rings. The minimum Gasteiger partial charge on any atom is -0.496 e. The van der Waals surface area contributed by atoms with Crippen LogP contribution in [0.2, 0.25) is 0 Å². The first-order valence-electron chi connectivity index (χ1n) is 12.6. The fourth-order valence-electron chi connectivity index (χ4n) is 4.53. The van der Waals surface area contributed by atoms with Crippen molar-refractivity contribution in [2.75, 3.05) is 7.11 Å². The molecule has 0 bridgehead atoms. The van der Waals surface area contributed by atoms with E-state index in [-0.39, 0.29) is 17.7 Å². The smallest absolute Gasteiger partial charge is 0.392 e. The van der Waals surface area contributed by atoms with Crippen molar-refractivity contribution in [2.24, 2.45) is 13.0 Å². The zero-order valence-electron chi connectivity index (χ0n) is 22.1. The number of methoxy groups -OCH3 is 1. The number of ketones is 1. The molecule has 5 rings (SSSR count). The van der Waals surface area contributed by atoms with Crippen molar-refractivity contribution in [1.82, 2.24) is 14.5 Å². The molecule has 0 spiro atoms. The molecule has 0 saturated carbocycles. The van der Waals surface area contributed by atoms with Gasteiger partial charge >= 0.3 is 6.18 Å². The summed E-state index contributed by atoms with van der Waals surface area (Å²) in [5.74, 6) is -2.69. The van der Waals surface area contributed by atoms with Crippen molar-refractivity contribution in [2.45, 2.75) is 25.4 Å². The molecular formula is C30H25F4N3O3S. The van der Waals surface area contributed by atoms with Crippen molar-refractivity contribution in [1.29, 1.82) is 0 Å². The van der Waals surface area contributed by atoms with Crippen LogP contribution >= 0.6 is 11.3 Å². The lowest BCUT2D eigenvalue weighted by Gasteiger charge is -2.20. The number of aromatic nitrogens is 3. The molecule has 0 radical (unpaired) electrons. The van der Waals surface area contributed by atoms with Gasteiger partial charge in [-0.05, 0) is 36.2 Å². The van der Waals surface area contributed by atoms with Gasteiger partial charge in [0.15, 0.2) is 11.6 Å². The van der Waals surface area contributed by atoms with Crippen LogP contribution in [0.5, 0.6) is 17.2 Å². The summed E-state index contributed by atoms with van der Waals surface area (Å²) in [7, 11) is 3.29. The zero-order valence-corrected chi connectivity index (χ0v) is 22.9. The lowest BCUT2D eigenvalue weighted by atomic mass is 9.91. The standard InChI is InChI=1S/C30H25F4N3O3S/c1-37-16-24(36-17-37)28-15-23-29(41-28)27(9-10-35-23)40-26-8-7-18(12-22(26)31)11-20(30(32,33)34)14-21(38)13-19-5-3-4-6-25(19)39-2/h3-10,12,15-17,20H,11,13-14H2,1-2H3. The van der Waals surface area contributed by atoms with Crippen molar-refractivity contribution >= 4 is 27.3 Å². The summed E-state index contributed by atoms with van der Waals surface area (Å²) in [6.45, 7) is 0. The minimum absolute atomic E-state index is 0.107. The van der Waals surface area contributed by atoms with E-state index in [2.05, 4.69) is 9.97 Å². The quantitative estimate of drug-likeness (QED) is 0.159. The Kier molecular flexibility index (Phi) is 8.07. The maximum atomic E-state index is 15.1. The predicted molar refractivity (Wildman–Crippen MR) is 148 cm³/mol. The van der Waals surface area contributed by atoms with Gasteiger partial charge in [0.1, 0.15) is 17.3 Å². The van der Waals surface area contributed by atoms with Gasteiger partial charge in [0.2, 0.25) is 0 Å². The molecule has 212 valence electrons. The number of rotatable bonds is 10. The first-order valence-corrected chi connectivity index (χ1v) is 13.5. The summed E-state index contributed by atoms with van der Waals surface area (Å²) in [6, 6.07) is 13.8. The SMILES string of the molecule is COc1ccccc1CC(=O)CC(Cc1ccc(Oc2ccnc3cc(-c4cn(C)cn4)sc23)c(F)c1)C(F)(F)F. The van der Waals surface area contributed by atoms with Crippen molar-refractivity contribution in [3.8, 4) is 27.8 Å². The maximum absolute atomic E-state index is 15.1. The Morgan fingerprint density at radius 2 is 1.85 bits per heavy atom. The average Bonchev–Trinajstić information content (AvgIpc) is 3.56. The van der Waals surface area contributed by atoms with E-state index in [9.17, 15) is 18.0 Å². The third-order valence-electron chi connectivity index (χ3n) is 6.55. The number of Topliss-reactive ketones (excluding diaryl/α,β-unsaturated/α-hetero) is 1. The van der Waals surface area contributed by atoms with Gasteiger partial charge in [-0.2, -0.15) is 13.2 Å². The highest BCUT2D eigenvalue weighted by atomic mass is 32.1. The number of thiophene rings is 1. The van der Waals surface area contributed by atoms with Crippen LogP contribution < -0.4 is 9.47 Å². The molecule has 3 heterocycles. The van der Waals surface area contributed by atoms with Crippen LogP contribution in [-0.2, 0) is 24.7 Å². The van der Waals surface area contributed by atoms with Crippen LogP contribution in [0, 0.1) is 11.7 Å². The van der Waals surface area contributed by atoms with Gasteiger partial charge in [-0.1, -0.05) is 24.3 Å². The number of nitrogens with zero attached hydrogens (tertiary/aromatic N) is 3. The highest BCUT2D eigenvalue weighted by Crippen LogP contribution is 2.39. The highest BCUT2D eigenvalue weighted by Gasteiger charge is 2.40. The van der Waals surface area contributed by atoms with Crippen molar-refractivity contribution in [3.05, 3.63) is 90.3 Å². The normalized spacial score (nSPS) is 12.4. The number of pyridine rings is 1. The molecule has 41 heavy (non-hydrogen) atoms. The summed E-state index contributed by atoms with van der Waals surface area (Å²) in [6.07, 6.45) is -1.03. The fraction of sp³-hybridized carbons (Fsp3) is 0.233. The Labute approximate surface area is 237 Å². The van der Waals surface area contributed by atoms with E-state index >= 15 is 4.39 Å². The number of carbonyl (C=O) groups excluding carboxylic acids is 1. The second kappa shape index (κ2) is 11.7. The molecule has 1 atom stereocenters. The largest absolute Gasteiger partial charge is 0.496 e. The molecule has 0 fully saturated rings. The zero-order chi connectivity index (χ0) is 29.1. The third kappa shape index (κ3) is 6.57. The van der Waals surface area contributed by atoms with Gasteiger partial charge in [-0.15, -0.1) is 11.3 Å². The predicted octanol–water partition coefficient (Wildman–Crippen LogP) is 7.56. The van der Waals surface area contributed by atoms with E-state index in [0.717, 1.165) is 16.6 Å². The number of hydrogen-bond donors (Lipinski definition) is 0. The third-order valence-corrected chi connectivity index (χ3v) is 7.71. The van der Waals surface area contributed by atoms with Crippen LogP contribution in [0.4, 0.5) is 17.6 Å². The molecule has 0 aliphatic rings. The Morgan fingerprint density at radius 1 is 1.05 bits per heavy atom. The van der Waals surface area contributed by atoms with Crippen LogP contribution in [0.25, 0.3) is 20.8 Å². The van der Waals surface area contributed by atoms with E-state index in [1.807, 2.05) is 23.9 Å². The maximum Gasteiger partial charge on any atom is 0.392 e. The van der Waals surface area contributed by atoms with Gasteiger partial charge in [-0.3, -0.25) is 9.78 Å². The van der Waals surface area contributed by atoms with Gasteiger partial charge < -0.3 is 14.0 Å². The van der Waals surface area contributed by atoms with Gasteiger partial charge in [-0.25, -0.2) is 9.37 Å². The number of ether oxygens (including phenoxy) is 2. The Bertz CT molecular complexity index is 1700. The number of alkyl halides is 3. The second-order valence-corrected chi connectivity index (χ2v) is 10.7.